The van der Waals surface area contributed by atoms with Crippen LogP contribution in [-0.4, -0.2) is 28.8 Å². The second-order valence-corrected chi connectivity index (χ2v) is 10.7. The fourth-order valence-corrected chi connectivity index (χ4v) is 5.12. The zero-order valence-electron chi connectivity index (χ0n) is 21.0. The van der Waals surface area contributed by atoms with Gasteiger partial charge in [0.05, 0.1) is 0 Å². The van der Waals surface area contributed by atoms with E-state index >= 15 is 0 Å². The van der Waals surface area contributed by atoms with Crippen LogP contribution >= 0.6 is 15.9 Å². The van der Waals surface area contributed by atoms with Gasteiger partial charge in [0.1, 0.15) is 6.04 Å². The van der Waals surface area contributed by atoms with E-state index in [0.717, 1.165) is 46.8 Å². The van der Waals surface area contributed by atoms with E-state index in [1.54, 1.807) is 4.90 Å². The maximum absolute atomic E-state index is 13.8. The summed E-state index contributed by atoms with van der Waals surface area (Å²) in [6, 6.07) is 25.9. The van der Waals surface area contributed by atoms with Crippen LogP contribution in [0.4, 0.5) is 0 Å². The lowest BCUT2D eigenvalue weighted by molar-refractivity contribution is -0.141. The van der Waals surface area contributed by atoms with E-state index in [2.05, 4.69) is 52.4 Å². The van der Waals surface area contributed by atoms with Gasteiger partial charge in [0.2, 0.25) is 11.8 Å². The summed E-state index contributed by atoms with van der Waals surface area (Å²) in [6.07, 6.45) is 5.82. The number of nitrogens with one attached hydrogen (secondary N) is 1. The van der Waals surface area contributed by atoms with Crippen LogP contribution in [0.1, 0.15) is 54.4 Å². The number of hydrogen-bond donors (Lipinski definition) is 1. The molecule has 1 atom stereocenters. The highest BCUT2D eigenvalue weighted by Crippen LogP contribution is 2.21. The molecule has 2 amide bonds. The van der Waals surface area contributed by atoms with Crippen LogP contribution in [0.5, 0.6) is 0 Å². The van der Waals surface area contributed by atoms with Crippen molar-refractivity contribution >= 4 is 27.7 Å². The summed E-state index contributed by atoms with van der Waals surface area (Å²) in [7, 11) is 0. The molecule has 0 heterocycles. The summed E-state index contributed by atoms with van der Waals surface area (Å²) in [5.41, 5.74) is 4.39. The molecule has 188 valence electrons. The second-order valence-electron chi connectivity index (χ2n) is 9.83. The van der Waals surface area contributed by atoms with Gasteiger partial charge in [0, 0.05) is 29.9 Å². The number of rotatable bonds is 10. The average molecular weight is 548 g/mol. The van der Waals surface area contributed by atoms with Crippen LogP contribution < -0.4 is 5.32 Å². The van der Waals surface area contributed by atoms with Crippen molar-refractivity contribution in [2.24, 2.45) is 0 Å². The van der Waals surface area contributed by atoms with Crippen LogP contribution in [0, 0.1) is 6.92 Å². The van der Waals surface area contributed by atoms with Crippen LogP contribution in [0.3, 0.4) is 0 Å². The number of nitrogens with zero attached hydrogens (tertiary/aromatic N) is 1. The molecule has 0 radical (unpaired) electrons. The number of amides is 2. The van der Waals surface area contributed by atoms with Crippen molar-refractivity contribution in [2.45, 2.75) is 70.5 Å². The molecule has 1 fully saturated rings. The zero-order valence-corrected chi connectivity index (χ0v) is 22.5. The van der Waals surface area contributed by atoms with Crippen molar-refractivity contribution in [1.29, 1.82) is 0 Å². The Hall–Kier alpha value is -2.92. The lowest BCUT2D eigenvalue weighted by atomic mass is 10.0. The number of halogens is 1. The third kappa shape index (κ3) is 7.54. The summed E-state index contributed by atoms with van der Waals surface area (Å²) < 4.78 is 0.989. The molecule has 0 bridgehead atoms. The second kappa shape index (κ2) is 12.9. The first-order valence-electron chi connectivity index (χ1n) is 12.9. The van der Waals surface area contributed by atoms with Crippen molar-refractivity contribution in [1.82, 2.24) is 10.2 Å². The molecular weight excluding hydrogens is 512 g/mol. The highest BCUT2D eigenvalue weighted by Gasteiger charge is 2.32. The Morgan fingerprint density at radius 1 is 0.889 bits per heavy atom. The standard InChI is InChI=1S/C31H35BrN2O2/c1-23-11-13-24(14-12-23)17-20-30(35)34(22-26-15-18-27(32)19-16-26)29(21-25-7-3-2-4-8-25)31(36)33-28-9-5-6-10-28/h2-4,7-8,11-16,18-19,28-29H,5-6,9-10,17,20-22H2,1H3,(H,33,36). The monoisotopic (exact) mass is 546 g/mol. The van der Waals surface area contributed by atoms with Crippen molar-refractivity contribution in [2.75, 3.05) is 0 Å². The minimum absolute atomic E-state index is 0.000923. The Morgan fingerprint density at radius 3 is 2.19 bits per heavy atom. The van der Waals surface area contributed by atoms with Gasteiger partial charge in [0.15, 0.2) is 0 Å². The largest absolute Gasteiger partial charge is 0.352 e. The smallest absolute Gasteiger partial charge is 0.243 e. The van der Waals surface area contributed by atoms with Gasteiger partial charge >= 0.3 is 0 Å². The molecule has 36 heavy (non-hydrogen) atoms. The quantitative estimate of drug-likeness (QED) is 0.320. The lowest BCUT2D eigenvalue weighted by Crippen LogP contribution is -2.52. The predicted molar refractivity (Wildman–Crippen MR) is 149 cm³/mol. The molecule has 1 unspecified atom stereocenters. The Labute approximate surface area is 223 Å². The molecule has 0 aliphatic heterocycles. The van der Waals surface area contributed by atoms with Crippen LogP contribution in [0.15, 0.2) is 83.3 Å². The fourth-order valence-electron chi connectivity index (χ4n) is 4.86. The van der Waals surface area contributed by atoms with Crippen LogP contribution in [0.25, 0.3) is 0 Å². The molecular formula is C31H35BrN2O2. The predicted octanol–water partition coefficient (Wildman–Crippen LogP) is 6.39. The van der Waals surface area contributed by atoms with E-state index in [1.165, 1.54) is 5.56 Å². The molecule has 1 aliphatic rings. The highest BCUT2D eigenvalue weighted by atomic mass is 79.9. The third-order valence-corrected chi connectivity index (χ3v) is 7.52. The molecule has 5 heteroatoms. The molecule has 0 spiro atoms. The van der Waals surface area contributed by atoms with Crippen molar-refractivity contribution in [3.05, 3.63) is 106 Å². The Balaban J connectivity index is 1.59. The summed E-state index contributed by atoms with van der Waals surface area (Å²) >= 11 is 3.50. The average Bonchev–Trinajstić information content (AvgIpc) is 3.40. The molecule has 1 aliphatic carbocycles. The maximum Gasteiger partial charge on any atom is 0.243 e. The molecule has 1 N–H and O–H groups in total. The Bertz CT molecular complexity index is 1120. The summed E-state index contributed by atoms with van der Waals surface area (Å²) in [6.45, 7) is 2.46. The van der Waals surface area contributed by atoms with Gasteiger partial charge in [-0.3, -0.25) is 9.59 Å². The normalized spacial score (nSPS) is 14.4. The molecule has 1 saturated carbocycles. The first-order valence-corrected chi connectivity index (χ1v) is 13.7. The van der Waals surface area contributed by atoms with E-state index in [1.807, 2.05) is 54.6 Å². The van der Waals surface area contributed by atoms with Gasteiger partial charge in [-0.25, -0.2) is 0 Å². The topological polar surface area (TPSA) is 49.4 Å². The van der Waals surface area contributed by atoms with Gasteiger partial charge < -0.3 is 10.2 Å². The summed E-state index contributed by atoms with van der Waals surface area (Å²) in [5.74, 6) is -0.0486. The number of carbonyl (C=O) groups excluding carboxylic acids is 2. The van der Waals surface area contributed by atoms with Crippen molar-refractivity contribution in [3.8, 4) is 0 Å². The summed E-state index contributed by atoms with van der Waals surface area (Å²) in [5, 5.41) is 3.27. The zero-order chi connectivity index (χ0) is 25.3. The number of benzene rings is 3. The maximum atomic E-state index is 13.8. The van der Waals surface area contributed by atoms with Crippen molar-refractivity contribution in [3.63, 3.8) is 0 Å². The van der Waals surface area contributed by atoms with Gasteiger partial charge in [-0.15, -0.1) is 0 Å². The molecule has 4 nitrogen and oxygen atoms in total. The van der Waals surface area contributed by atoms with E-state index in [4.69, 9.17) is 0 Å². The number of carbonyl (C=O) groups is 2. The van der Waals surface area contributed by atoms with Gasteiger partial charge in [0.25, 0.3) is 0 Å². The Morgan fingerprint density at radius 2 is 1.53 bits per heavy atom. The fraction of sp³-hybridized carbons (Fsp3) is 0.355. The lowest BCUT2D eigenvalue weighted by Gasteiger charge is -2.32. The highest BCUT2D eigenvalue weighted by molar-refractivity contribution is 9.10. The first-order chi connectivity index (χ1) is 17.5. The van der Waals surface area contributed by atoms with Gasteiger partial charge in [-0.2, -0.15) is 0 Å². The van der Waals surface area contributed by atoms with Gasteiger partial charge in [-0.05, 0) is 55.0 Å². The first kappa shape index (κ1) is 26.2. The van der Waals surface area contributed by atoms with Crippen molar-refractivity contribution < 1.29 is 9.59 Å². The number of aryl methyl sites for hydroxylation is 2. The van der Waals surface area contributed by atoms with Crippen LogP contribution in [0.2, 0.25) is 0 Å². The summed E-state index contributed by atoms with van der Waals surface area (Å²) in [4.78, 5) is 29.3. The number of hydrogen-bond acceptors (Lipinski definition) is 2. The minimum atomic E-state index is -0.567. The van der Waals surface area contributed by atoms with Crippen LogP contribution in [-0.2, 0) is 29.0 Å². The molecule has 0 aromatic heterocycles. The van der Waals surface area contributed by atoms with E-state index in [9.17, 15) is 9.59 Å². The van der Waals surface area contributed by atoms with E-state index < -0.39 is 6.04 Å². The Kier molecular flexibility index (Phi) is 9.35. The SMILES string of the molecule is Cc1ccc(CCC(=O)N(Cc2ccc(Br)cc2)C(Cc2ccccc2)C(=O)NC2CCCC2)cc1. The molecule has 0 saturated heterocycles. The molecule has 3 aromatic carbocycles. The molecule has 3 aromatic rings. The minimum Gasteiger partial charge on any atom is -0.352 e. The van der Waals surface area contributed by atoms with E-state index in [0.29, 0.717) is 25.8 Å². The third-order valence-electron chi connectivity index (χ3n) is 6.99. The van der Waals surface area contributed by atoms with Gasteiger partial charge in [-0.1, -0.05) is 101 Å². The molecule has 4 rings (SSSR count). The van der Waals surface area contributed by atoms with E-state index in [-0.39, 0.29) is 17.9 Å².